The van der Waals surface area contributed by atoms with Gasteiger partial charge in [-0.3, -0.25) is 0 Å². The molecule has 0 fully saturated rings. The Bertz CT molecular complexity index is 316. The van der Waals surface area contributed by atoms with E-state index in [1.54, 1.807) is 12.1 Å². The largest absolute Gasteiger partial charge is 0.396 e. The number of anilines is 3. The molecule has 5 nitrogen and oxygen atoms in total. The minimum atomic E-state index is 0.00512. The van der Waals surface area contributed by atoms with Crippen molar-refractivity contribution in [3.8, 4) is 0 Å². The second-order valence-corrected chi connectivity index (χ2v) is 3.29. The van der Waals surface area contributed by atoms with Gasteiger partial charge in [0.05, 0.1) is 18.3 Å². The first-order chi connectivity index (χ1) is 6.56. The molecule has 0 saturated carbocycles. The Kier molecular flexibility index (Phi) is 3.14. The van der Waals surface area contributed by atoms with Crippen LogP contribution >= 0.6 is 0 Å². The molecule has 5 heteroatoms. The average Bonchev–Trinajstić information content (AvgIpc) is 2.20. The van der Waals surface area contributed by atoms with Crippen LogP contribution in [0.4, 0.5) is 17.3 Å². The Morgan fingerprint density at radius 3 is 2.64 bits per heavy atom. The number of nitrogen functional groups attached to an aromatic ring is 2. The van der Waals surface area contributed by atoms with Crippen LogP contribution in [0.5, 0.6) is 0 Å². The molecule has 0 saturated heterocycles. The van der Waals surface area contributed by atoms with Gasteiger partial charge in [0.15, 0.2) is 0 Å². The minimum absolute atomic E-state index is 0.00512. The van der Waals surface area contributed by atoms with E-state index in [4.69, 9.17) is 16.6 Å². The van der Waals surface area contributed by atoms with Crippen molar-refractivity contribution in [3.63, 3.8) is 0 Å². The fraction of sp³-hybridized carbons (Fsp3) is 0.444. The molecule has 0 bridgehead atoms. The lowest BCUT2D eigenvalue weighted by Crippen LogP contribution is -2.32. The van der Waals surface area contributed by atoms with Gasteiger partial charge in [0.25, 0.3) is 0 Å². The summed E-state index contributed by atoms with van der Waals surface area (Å²) in [5.41, 5.74) is 11.6. The molecule has 78 valence electrons. The van der Waals surface area contributed by atoms with Gasteiger partial charge >= 0.3 is 0 Å². The summed E-state index contributed by atoms with van der Waals surface area (Å²) in [4.78, 5) is 5.95. The summed E-state index contributed by atoms with van der Waals surface area (Å²) in [7, 11) is 1.85. The Balaban J connectivity index is 2.91. The highest BCUT2D eigenvalue weighted by Crippen LogP contribution is 2.18. The fourth-order valence-electron chi connectivity index (χ4n) is 1.02. The molecule has 1 rings (SSSR count). The summed E-state index contributed by atoms with van der Waals surface area (Å²) in [6.45, 7) is 1.97. The Labute approximate surface area is 83.3 Å². The summed E-state index contributed by atoms with van der Waals surface area (Å²) in [6, 6.07) is 3.49. The van der Waals surface area contributed by atoms with Gasteiger partial charge in [-0.15, -0.1) is 0 Å². The van der Waals surface area contributed by atoms with Gasteiger partial charge in [-0.2, -0.15) is 0 Å². The second kappa shape index (κ2) is 4.15. The van der Waals surface area contributed by atoms with Crippen LogP contribution in [0.1, 0.15) is 6.92 Å². The number of pyridine rings is 1. The maximum atomic E-state index is 8.97. The number of aromatic nitrogens is 1. The lowest BCUT2D eigenvalue weighted by molar-refractivity contribution is 0.270. The van der Waals surface area contributed by atoms with Gasteiger partial charge in [0.1, 0.15) is 11.6 Å². The summed E-state index contributed by atoms with van der Waals surface area (Å²) in [5, 5.41) is 8.97. The van der Waals surface area contributed by atoms with E-state index in [0.717, 1.165) is 0 Å². The monoisotopic (exact) mass is 196 g/mol. The Hall–Kier alpha value is -1.49. The lowest BCUT2D eigenvalue weighted by Gasteiger charge is -2.24. The van der Waals surface area contributed by atoms with E-state index >= 15 is 0 Å². The van der Waals surface area contributed by atoms with Crippen LogP contribution in [0.25, 0.3) is 0 Å². The quantitative estimate of drug-likeness (QED) is 0.636. The summed E-state index contributed by atoms with van der Waals surface area (Å²) >= 11 is 0. The molecule has 5 N–H and O–H groups in total. The zero-order chi connectivity index (χ0) is 10.7. The number of hydrogen-bond acceptors (Lipinski definition) is 5. The van der Waals surface area contributed by atoms with E-state index in [1.165, 1.54) is 0 Å². The molecular weight excluding hydrogens is 180 g/mol. The van der Waals surface area contributed by atoms with E-state index in [1.807, 2.05) is 18.9 Å². The maximum Gasteiger partial charge on any atom is 0.149 e. The third-order valence-corrected chi connectivity index (χ3v) is 2.23. The van der Waals surface area contributed by atoms with E-state index in [9.17, 15) is 0 Å². The molecule has 1 aromatic rings. The SMILES string of the molecule is CC(CO)N(C)c1ccc(N)c(N)n1. The number of nitrogens with zero attached hydrogens (tertiary/aromatic N) is 2. The molecule has 14 heavy (non-hydrogen) atoms. The van der Waals surface area contributed by atoms with Crippen LogP contribution in [0, 0.1) is 0 Å². The number of nitrogens with two attached hydrogens (primary N) is 2. The number of rotatable bonds is 3. The third kappa shape index (κ3) is 2.05. The Morgan fingerprint density at radius 2 is 2.14 bits per heavy atom. The normalized spacial score (nSPS) is 12.5. The van der Waals surface area contributed by atoms with Gasteiger partial charge < -0.3 is 21.5 Å². The van der Waals surface area contributed by atoms with Gasteiger partial charge in [-0.05, 0) is 19.1 Å². The predicted molar refractivity (Wildman–Crippen MR) is 58.0 cm³/mol. The topological polar surface area (TPSA) is 88.4 Å². The molecule has 0 radical (unpaired) electrons. The van der Waals surface area contributed by atoms with Crippen molar-refractivity contribution in [2.24, 2.45) is 0 Å². The van der Waals surface area contributed by atoms with Crippen LogP contribution < -0.4 is 16.4 Å². The number of aliphatic hydroxyl groups is 1. The van der Waals surface area contributed by atoms with E-state index < -0.39 is 0 Å². The molecule has 1 aromatic heterocycles. The fourth-order valence-corrected chi connectivity index (χ4v) is 1.02. The molecule has 0 aliphatic rings. The van der Waals surface area contributed by atoms with Crippen molar-refractivity contribution in [1.29, 1.82) is 0 Å². The second-order valence-electron chi connectivity index (χ2n) is 3.29. The molecule has 0 aliphatic heterocycles. The first-order valence-corrected chi connectivity index (χ1v) is 4.42. The van der Waals surface area contributed by atoms with Crippen LogP contribution in [0.2, 0.25) is 0 Å². The number of likely N-dealkylation sites (N-methyl/N-ethyl adjacent to an activating group) is 1. The molecule has 1 unspecified atom stereocenters. The highest BCUT2D eigenvalue weighted by atomic mass is 16.3. The van der Waals surface area contributed by atoms with Crippen molar-refractivity contribution >= 4 is 17.3 Å². The third-order valence-electron chi connectivity index (χ3n) is 2.23. The molecule has 0 amide bonds. The first-order valence-electron chi connectivity index (χ1n) is 4.42. The minimum Gasteiger partial charge on any atom is -0.396 e. The van der Waals surface area contributed by atoms with Crippen molar-refractivity contribution in [3.05, 3.63) is 12.1 Å². The van der Waals surface area contributed by atoms with E-state index in [-0.39, 0.29) is 12.6 Å². The van der Waals surface area contributed by atoms with Crippen LogP contribution in [-0.4, -0.2) is 29.8 Å². The molecule has 0 aliphatic carbocycles. The number of aliphatic hydroxyl groups excluding tert-OH is 1. The van der Waals surface area contributed by atoms with Gasteiger partial charge in [0, 0.05) is 7.05 Å². The first kappa shape index (κ1) is 10.6. The molecule has 1 heterocycles. The molecule has 0 aromatic carbocycles. The van der Waals surface area contributed by atoms with Crippen molar-refractivity contribution in [2.75, 3.05) is 30.0 Å². The van der Waals surface area contributed by atoms with E-state index in [0.29, 0.717) is 17.3 Å². The smallest absolute Gasteiger partial charge is 0.149 e. The van der Waals surface area contributed by atoms with Crippen molar-refractivity contribution < 1.29 is 5.11 Å². The number of hydrogen-bond donors (Lipinski definition) is 3. The van der Waals surface area contributed by atoms with Crippen molar-refractivity contribution in [2.45, 2.75) is 13.0 Å². The van der Waals surface area contributed by atoms with E-state index in [2.05, 4.69) is 4.98 Å². The van der Waals surface area contributed by atoms with Gasteiger partial charge in [-0.1, -0.05) is 0 Å². The summed E-state index contributed by atoms with van der Waals surface area (Å²) in [5.74, 6) is 1.03. The van der Waals surface area contributed by atoms with Crippen LogP contribution in [-0.2, 0) is 0 Å². The highest BCUT2D eigenvalue weighted by Gasteiger charge is 2.10. The van der Waals surface area contributed by atoms with Gasteiger partial charge in [-0.25, -0.2) is 4.98 Å². The standard InChI is InChI=1S/C9H16N4O/c1-6(5-14)13(2)8-4-3-7(10)9(11)12-8/h3-4,6,14H,5,10H2,1-2H3,(H2,11,12). The van der Waals surface area contributed by atoms with Crippen molar-refractivity contribution in [1.82, 2.24) is 4.98 Å². The zero-order valence-electron chi connectivity index (χ0n) is 8.44. The summed E-state index contributed by atoms with van der Waals surface area (Å²) in [6.07, 6.45) is 0. The van der Waals surface area contributed by atoms with Crippen LogP contribution in [0.3, 0.4) is 0 Å². The Morgan fingerprint density at radius 1 is 1.50 bits per heavy atom. The average molecular weight is 196 g/mol. The molecular formula is C9H16N4O. The maximum absolute atomic E-state index is 8.97. The zero-order valence-corrected chi connectivity index (χ0v) is 8.44. The predicted octanol–water partition coefficient (Wildman–Crippen LogP) is 0.0630. The molecule has 1 atom stereocenters. The highest BCUT2D eigenvalue weighted by molar-refractivity contribution is 5.62. The van der Waals surface area contributed by atoms with Crippen LogP contribution in [0.15, 0.2) is 12.1 Å². The van der Waals surface area contributed by atoms with Gasteiger partial charge in [0.2, 0.25) is 0 Å². The lowest BCUT2D eigenvalue weighted by atomic mass is 10.3. The molecule has 0 spiro atoms. The summed E-state index contributed by atoms with van der Waals surface area (Å²) < 4.78 is 0.